The number of hydrazine groups is 1. The minimum atomic E-state index is 0.164. The highest BCUT2D eigenvalue weighted by atomic mass is 15.2. The Morgan fingerprint density at radius 1 is 1.40 bits per heavy atom. The molecular formula is C13H18N2. The highest BCUT2D eigenvalue weighted by Gasteiger charge is 2.06. The zero-order chi connectivity index (χ0) is 11.3. The third-order valence-corrected chi connectivity index (χ3v) is 2.65. The molecule has 0 radical (unpaired) electrons. The van der Waals surface area contributed by atoms with Crippen molar-refractivity contribution < 1.29 is 0 Å². The van der Waals surface area contributed by atoms with Crippen LogP contribution in [0.4, 0.5) is 0 Å². The normalized spacial score (nSPS) is 12.1. The van der Waals surface area contributed by atoms with Crippen molar-refractivity contribution in [1.29, 1.82) is 0 Å². The Labute approximate surface area is 91.8 Å². The van der Waals surface area contributed by atoms with Crippen LogP contribution in [-0.4, -0.2) is 6.04 Å². The zero-order valence-electron chi connectivity index (χ0n) is 9.38. The summed E-state index contributed by atoms with van der Waals surface area (Å²) in [7, 11) is 0. The van der Waals surface area contributed by atoms with E-state index in [4.69, 9.17) is 12.3 Å². The lowest BCUT2D eigenvalue weighted by Crippen LogP contribution is -2.36. The highest BCUT2D eigenvalue weighted by Crippen LogP contribution is 2.12. The summed E-state index contributed by atoms with van der Waals surface area (Å²) in [6.45, 7) is 4.23. The SMILES string of the molecule is C#CCC(Cc1ccc(C)c(C)c1)NN. The van der Waals surface area contributed by atoms with Crippen LogP contribution >= 0.6 is 0 Å². The van der Waals surface area contributed by atoms with Gasteiger partial charge < -0.3 is 0 Å². The van der Waals surface area contributed by atoms with E-state index < -0.39 is 0 Å². The molecule has 15 heavy (non-hydrogen) atoms. The molecule has 1 rings (SSSR count). The molecule has 1 aromatic carbocycles. The van der Waals surface area contributed by atoms with Gasteiger partial charge in [0.1, 0.15) is 0 Å². The van der Waals surface area contributed by atoms with Crippen LogP contribution in [0, 0.1) is 26.2 Å². The second-order valence-electron chi connectivity index (χ2n) is 3.89. The fraction of sp³-hybridized carbons (Fsp3) is 0.385. The van der Waals surface area contributed by atoms with Gasteiger partial charge in [0.25, 0.3) is 0 Å². The predicted molar refractivity (Wildman–Crippen MR) is 64.2 cm³/mol. The number of terminal acetylenes is 1. The van der Waals surface area contributed by atoms with Gasteiger partial charge >= 0.3 is 0 Å². The molecular weight excluding hydrogens is 184 g/mol. The van der Waals surface area contributed by atoms with Crippen molar-refractivity contribution in [2.24, 2.45) is 5.84 Å². The van der Waals surface area contributed by atoms with Gasteiger partial charge in [-0.05, 0) is 37.0 Å². The van der Waals surface area contributed by atoms with Gasteiger partial charge in [-0.1, -0.05) is 18.2 Å². The maximum Gasteiger partial charge on any atom is 0.0360 e. The van der Waals surface area contributed by atoms with Gasteiger partial charge in [-0.25, -0.2) is 0 Å². The van der Waals surface area contributed by atoms with E-state index in [0.29, 0.717) is 6.42 Å². The van der Waals surface area contributed by atoms with Gasteiger partial charge in [0.15, 0.2) is 0 Å². The molecule has 1 unspecified atom stereocenters. The quantitative estimate of drug-likeness (QED) is 0.443. The number of hydrogen-bond acceptors (Lipinski definition) is 2. The van der Waals surface area contributed by atoms with Crippen molar-refractivity contribution in [1.82, 2.24) is 5.43 Å². The Hall–Kier alpha value is -1.30. The lowest BCUT2D eigenvalue weighted by molar-refractivity contribution is 0.536. The summed E-state index contributed by atoms with van der Waals surface area (Å²) in [5.74, 6) is 8.05. The van der Waals surface area contributed by atoms with Crippen LogP contribution < -0.4 is 11.3 Å². The Kier molecular flexibility index (Phi) is 4.36. The van der Waals surface area contributed by atoms with Crippen LogP contribution in [0.5, 0.6) is 0 Å². The Morgan fingerprint density at radius 3 is 2.67 bits per heavy atom. The van der Waals surface area contributed by atoms with Crippen LogP contribution in [0.25, 0.3) is 0 Å². The molecule has 0 saturated heterocycles. The Morgan fingerprint density at radius 2 is 2.13 bits per heavy atom. The lowest BCUT2D eigenvalue weighted by atomic mass is 10.00. The maximum atomic E-state index is 5.43. The average Bonchev–Trinajstić information content (AvgIpc) is 2.23. The molecule has 0 aliphatic heterocycles. The van der Waals surface area contributed by atoms with Gasteiger partial charge in [-0.3, -0.25) is 11.3 Å². The first kappa shape index (κ1) is 11.8. The summed E-state index contributed by atoms with van der Waals surface area (Å²) in [5, 5.41) is 0. The number of benzene rings is 1. The summed E-state index contributed by atoms with van der Waals surface area (Å²) in [6, 6.07) is 6.62. The van der Waals surface area contributed by atoms with E-state index in [1.165, 1.54) is 16.7 Å². The van der Waals surface area contributed by atoms with Crippen LogP contribution in [0.15, 0.2) is 18.2 Å². The monoisotopic (exact) mass is 202 g/mol. The first-order chi connectivity index (χ1) is 7.17. The van der Waals surface area contributed by atoms with Crippen molar-refractivity contribution in [2.75, 3.05) is 0 Å². The number of aryl methyl sites for hydroxylation is 2. The molecule has 1 atom stereocenters. The molecule has 0 fully saturated rings. The van der Waals surface area contributed by atoms with Crippen molar-refractivity contribution in [3.8, 4) is 12.3 Å². The summed E-state index contributed by atoms with van der Waals surface area (Å²) < 4.78 is 0. The molecule has 3 N–H and O–H groups in total. The van der Waals surface area contributed by atoms with Crippen molar-refractivity contribution >= 4 is 0 Å². The highest BCUT2D eigenvalue weighted by molar-refractivity contribution is 5.30. The fourth-order valence-corrected chi connectivity index (χ4v) is 1.55. The number of hydrogen-bond donors (Lipinski definition) is 2. The van der Waals surface area contributed by atoms with Crippen LogP contribution in [0.1, 0.15) is 23.1 Å². The molecule has 0 saturated carbocycles. The Balaban J connectivity index is 2.71. The van der Waals surface area contributed by atoms with Gasteiger partial charge in [-0.15, -0.1) is 12.3 Å². The van der Waals surface area contributed by atoms with Crippen LogP contribution in [0.2, 0.25) is 0 Å². The lowest BCUT2D eigenvalue weighted by Gasteiger charge is -2.13. The third-order valence-electron chi connectivity index (χ3n) is 2.65. The zero-order valence-corrected chi connectivity index (χ0v) is 9.38. The first-order valence-corrected chi connectivity index (χ1v) is 5.13. The molecule has 0 aromatic heterocycles. The smallest absolute Gasteiger partial charge is 0.0360 e. The van der Waals surface area contributed by atoms with E-state index in [1.54, 1.807) is 0 Å². The molecule has 0 bridgehead atoms. The molecule has 0 amide bonds. The minimum Gasteiger partial charge on any atom is -0.271 e. The third kappa shape index (κ3) is 3.39. The second kappa shape index (κ2) is 5.55. The summed E-state index contributed by atoms with van der Waals surface area (Å²) >= 11 is 0. The molecule has 0 aliphatic carbocycles. The molecule has 1 aromatic rings. The van der Waals surface area contributed by atoms with Crippen molar-refractivity contribution in [2.45, 2.75) is 32.7 Å². The van der Waals surface area contributed by atoms with E-state index in [2.05, 4.69) is 43.4 Å². The summed E-state index contributed by atoms with van der Waals surface area (Å²) in [5.41, 5.74) is 6.64. The van der Waals surface area contributed by atoms with Crippen molar-refractivity contribution in [3.05, 3.63) is 34.9 Å². The molecule has 0 aliphatic rings. The topological polar surface area (TPSA) is 38.0 Å². The van der Waals surface area contributed by atoms with Crippen LogP contribution in [0.3, 0.4) is 0 Å². The van der Waals surface area contributed by atoms with Gasteiger partial charge in [0.2, 0.25) is 0 Å². The molecule has 0 heterocycles. The van der Waals surface area contributed by atoms with E-state index in [-0.39, 0.29) is 6.04 Å². The molecule has 0 spiro atoms. The summed E-state index contributed by atoms with van der Waals surface area (Å²) in [4.78, 5) is 0. The van der Waals surface area contributed by atoms with Gasteiger partial charge in [0.05, 0.1) is 0 Å². The van der Waals surface area contributed by atoms with Gasteiger partial charge in [-0.2, -0.15) is 0 Å². The largest absolute Gasteiger partial charge is 0.271 e. The van der Waals surface area contributed by atoms with Crippen LogP contribution in [-0.2, 0) is 6.42 Å². The predicted octanol–water partition coefficient (Wildman–Crippen LogP) is 1.70. The van der Waals surface area contributed by atoms with E-state index in [9.17, 15) is 0 Å². The van der Waals surface area contributed by atoms with Gasteiger partial charge in [0, 0.05) is 12.5 Å². The molecule has 2 heteroatoms. The minimum absolute atomic E-state index is 0.164. The Bertz CT molecular complexity index is 363. The standard InChI is InChI=1S/C13H18N2/c1-4-5-13(15-14)9-12-7-6-10(2)11(3)8-12/h1,6-8,13,15H,5,9,14H2,2-3H3. The molecule has 80 valence electrons. The summed E-state index contributed by atoms with van der Waals surface area (Å²) in [6.07, 6.45) is 6.80. The van der Waals surface area contributed by atoms with Crippen molar-refractivity contribution in [3.63, 3.8) is 0 Å². The fourth-order valence-electron chi connectivity index (χ4n) is 1.55. The average molecular weight is 202 g/mol. The van der Waals surface area contributed by atoms with E-state index >= 15 is 0 Å². The number of nitrogens with two attached hydrogens (primary N) is 1. The second-order valence-corrected chi connectivity index (χ2v) is 3.89. The maximum absolute atomic E-state index is 5.43. The van der Waals surface area contributed by atoms with E-state index in [0.717, 1.165) is 6.42 Å². The molecule has 2 nitrogen and oxygen atoms in total. The number of nitrogens with one attached hydrogen (secondary N) is 1. The first-order valence-electron chi connectivity index (χ1n) is 5.13. The number of rotatable bonds is 4. The van der Waals surface area contributed by atoms with E-state index in [1.807, 2.05) is 0 Å².